The fourth-order valence-electron chi connectivity index (χ4n) is 2.00. The van der Waals surface area contributed by atoms with Gasteiger partial charge in [0.05, 0.1) is 9.90 Å². The van der Waals surface area contributed by atoms with Crippen molar-refractivity contribution in [3.05, 3.63) is 69.4 Å². The topological polar surface area (TPSA) is 17.1 Å². The van der Waals surface area contributed by atoms with Crippen molar-refractivity contribution >= 4 is 39.5 Å². The second kappa shape index (κ2) is 4.56. The Labute approximate surface area is 114 Å². The molecule has 18 heavy (non-hydrogen) atoms. The van der Waals surface area contributed by atoms with Gasteiger partial charge in [-0.1, -0.05) is 54.1 Å². The van der Waals surface area contributed by atoms with Crippen LogP contribution in [0.5, 0.6) is 0 Å². The van der Waals surface area contributed by atoms with Gasteiger partial charge in [-0.3, -0.25) is 4.79 Å². The maximum Gasteiger partial charge on any atom is 0.205 e. The van der Waals surface area contributed by atoms with Crippen LogP contribution in [0.2, 0.25) is 5.02 Å². The molecule has 0 aliphatic carbocycles. The zero-order valence-electron chi connectivity index (χ0n) is 9.39. The number of hydrogen-bond donors (Lipinski definition) is 0. The maximum absolute atomic E-state index is 12.5. The molecule has 1 heterocycles. The predicted octanol–water partition coefficient (Wildman–Crippen LogP) is 4.79. The molecule has 3 rings (SSSR count). The monoisotopic (exact) mass is 272 g/mol. The third kappa shape index (κ3) is 1.84. The molecule has 0 bridgehead atoms. The smallest absolute Gasteiger partial charge is 0.205 e. The number of halogens is 1. The SMILES string of the molecule is O=C(c1sccc1Cl)c1cccc2ccccc12. The van der Waals surface area contributed by atoms with Crippen LogP contribution in [0, 0.1) is 0 Å². The molecule has 0 unspecified atom stereocenters. The minimum Gasteiger partial charge on any atom is -0.288 e. The van der Waals surface area contributed by atoms with Crippen LogP contribution in [-0.4, -0.2) is 5.78 Å². The third-order valence-electron chi connectivity index (χ3n) is 2.86. The Morgan fingerprint density at radius 1 is 1.00 bits per heavy atom. The van der Waals surface area contributed by atoms with Crippen LogP contribution < -0.4 is 0 Å². The lowest BCUT2D eigenvalue weighted by atomic mass is 10.0. The van der Waals surface area contributed by atoms with Gasteiger partial charge in [-0.2, -0.15) is 0 Å². The highest BCUT2D eigenvalue weighted by Gasteiger charge is 2.16. The summed E-state index contributed by atoms with van der Waals surface area (Å²) in [6.45, 7) is 0. The summed E-state index contributed by atoms with van der Waals surface area (Å²) in [4.78, 5) is 13.1. The largest absolute Gasteiger partial charge is 0.288 e. The van der Waals surface area contributed by atoms with Crippen molar-refractivity contribution in [1.29, 1.82) is 0 Å². The first-order valence-corrected chi connectivity index (χ1v) is 6.78. The van der Waals surface area contributed by atoms with Crippen LogP contribution >= 0.6 is 22.9 Å². The minimum absolute atomic E-state index is 0.00759. The Morgan fingerprint density at radius 3 is 2.56 bits per heavy atom. The van der Waals surface area contributed by atoms with Crippen molar-refractivity contribution in [3.63, 3.8) is 0 Å². The van der Waals surface area contributed by atoms with E-state index in [-0.39, 0.29) is 5.78 Å². The molecule has 2 aromatic carbocycles. The second-order valence-electron chi connectivity index (χ2n) is 3.95. The molecule has 0 atom stereocenters. The van der Waals surface area contributed by atoms with Gasteiger partial charge in [0.1, 0.15) is 0 Å². The van der Waals surface area contributed by atoms with Crippen LogP contribution in [0.25, 0.3) is 10.8 Å². The molecule has 3 heteroatoms. The highest BCUT2D eigenvalue weighted by Crippen LogP contribution is 2.28. The van der Waals surface area contributed by atoms with Gasteiger partial charge in [-0.25, -0.2) is 0 Å². The molecule has 0 N–H and O–H groups in total. The van der Waals surface area contributed by atoms with Crippen molar-refractivity contribution in [1.82, 2.24) is 0 Å². The zero-order valence-corrected chi connectivity index (χ0v) is 11.0. The first-order valence-electron chi connectivity index (χ1n) is 5.53. The van der Waals surface area contributed by atoms with Crippen molar-refractivity contribution in [2.75, 3.05) is 0 Å². The summed E-state index contributed by atoms with van der Waals surface area (Å²) < 4.78 is 0. The number of rotatable bonds is 2. The summed E-state index contributed by atoms with van der Waals surface area (Å²) in [6, 6.07) is 15.4. The molecule has 0 fully saturated rings. The van der Waals surface area contributed by atoms with E-state index in [9.17, 15) is 4.79 Å². The summed E-state index contributed by atoms with van der Waals surface area (Å²) in [5.41, 5.74) is 0.706. The van der Waals surface area contributed by atoms with Gasteiger partial charge in [-0.05, 0) is 22.2 Å². The van der Waals surface area contributed by atoms with E-state index in [2.05, 4.69) is 0 Å². The van der Waals surface area contributed by atoms with E-state index in [1.807, 2.05) is 47.8 Å². The Hall–Kier alpha value is -1.64. The third-order valence-corrected chi connectivity index (χ3v) is 4.20. The summed E-state index contributed by atoms with van der Waals surface area (Å²) >= 11 is 7.40. The zero-order chi connectivity index (χ0) is 12.5. The Bertz CT molecular complexity index is 725. The molecule has 0 aliphatic heterocycles. The maximum atomic E-state index is 12.5. The van der Waals surface area contributed by atoms with E-state index < -0.39 is 0 Å². The van der Waals surface area contributed by atoms with Crippen molar-refractivity contribution in [2.45, 2.75) is 0 Å². The second-order valence-corrected chi connectivity index (χ2v) is 5.28. The first-order chi connectivity index (χ1) is 8.77. The van der Waals surface area contributed by atoms with Crippen LogP contribution in [0.1, 0.15) is 15.2 Å². The van der Waals surface area contributed by atoms with E-state index in [0.29, 0.717) is 15.5 Å². The lowest BCUT2D eigenvalue weighted by Gasteiger charge is -2.04. The average molecular weight is 273 g/mol. The van der Waals surface area contributed by atoms with Crippen LogP contribution in [0.3, 0.4) is 0 Å². The molecule has 1 nitrogen and oxygen atoms in total. The Balaban J connectivity index is 2.21. The average Bonchev–Trinajstić information content (AvgIpc) is 2.83. The van der Waals surface area contributed by atoms with Gasteiger partial charge >= 0.3 is 0 Å². The molecule has 0 amide bonds. The quantitative estimate of drug-likeness (QED) is 0.613. The molecule has 0 saturated heterocycles. The normalized spacial score (nSPS) is 10.7. The first kappa shape index (κ1) is 11.5. The lowest BCUT2D eigenvalue weighted by molar-refractivity contribution is 0.104. The lowest BCUT2D eigenvalue weighted by Crippen LogP contribution is -2.00. The van der Waals surface area contributed by atoms with Crippen LogP contribution in [0.4, 0.5) is 0 Å². The predicted molar refractivity (Wildman–Crippen MR) is 76.7 cm³/mol. The van der Waals surface area contributed by atoms with Crippen molar-refractivity contribution in [3.8, 4) is 0 Å². The van der Waals surface area contributed by atoms with Crippen LogP contribution in [0.15, 0.2) is 53.9 Å². The van der Waals surface area contributed by atoms with E-state index in [1.54, 1.807) is 6.07 Å². The molecule has 1 aromatic heterocycles. The number of fused-ring (bicyclic) bond motifs is 1. The van der Waals surface area contributed by atoms with E-state index in [4.69, 9.17) is 11.6 Å². The van der Waals surface area contributed by atoms with Gasteiger partial charge < -0.3 is 0 Å². The number of hydrogen-bond acceptors (Lipinski definition) is 2. The molecule has 0 radical (unpaired) electrons. The van der Waals surface area contributed by atoms with Crippen molar-refractivity contribution < 1.29 is 4.79 Å². The summed E-state index contributed by atoms with van der Waals surface area (Å²) in [5, 5.41) is 4.39. The number of carbonyl (C=O) groups is 1. The number of benzene rings is 2. The van der Waals surface area contributed by atoms with Gasteiger partial charge in [-0.15, -0.1) is 11.3 Å². The molecular weight excluding hydrogens is 264 g/mol. The van der Waals surface area contributed by atoms with Crippen LogP contribution in [-0.2, 0) is 0 Å². The van der Waals surface area contributed by atoms with E-state index in [1.165, 1.54) is 11.3 Å². The summed E-state index contributed by atoms with van der Waals surface area (Å²) in [6.07, 6.45) is 0. The van der Waals surface area contributed by atoms with Gasteiger partial charge in [0.25, 0.3) is 0 Å². The Morgan fingerprint density at radius 2 is 1.78 bits per heavy atom. The highest BCUT2D eigenvalue weighted by atomic mass is 35.5. The van der Waals surface area contributed by atoms with E-state index in [0.717, 1.165) is 10.8 Å². The molecule has 0 spiro atoms. The van der Waals surface area contributed by atoms with Gasteiger partial charge in [0.2, 0.25) is 5.78 Å². The fraction of sp³-hybridized carbons (Fsp3) is 0. The highest BCUT2D eigenvalue weighted by molar-refractivity contribution is 7.13. The minimum atomic E-state index is -0.00759. The van der Waals surface area contributed by atoms with Gasteiger partial charge in [0, 0.05) is 5.56 Å². The summed E-state index contributed by atoms with van der Waals surface area (Å²) in [7, 11) is 0. The Kier molecular flexibility index (Phi) is 2.90. The molecular formula is C15H9ClOS. The molecule has 88 valence electrons. The molecule has 0 saturated carbocycles. The number of carbonyl (C=O) groups excluding carboxylic acids is 1. The number of thiophene rings is 1. The standard InChI is InChI=1S/C15H9ClOS/c16-13-8-9-18-15(13)14(17)12-7-3-5-10-4-1-2-6-11(10)12/h1-9H. The van der Waals surface area contributed by atoms with E-state index >= 15 is 0 Å². The molecule has 0 aliphatic rings. The van der Waals surface area contributed by atoms with Crippen molar-refractivity contribution in [2.24, 2.45) is 0 Å². The molecule has 3 aromatic rings. The number of ketones is 1. The van der Waals surface area contributed by atoms with Gasteiger partial charge in [0.15, 0.2) is 0 Å². The summed E-state index contributed by atoms with van der Waals surface area (Å²) in [5.74, 6) is -0.00759. The fourth-order valence-corrected chi connectivity index (χ4v) is 3.10.